The number of rotatable bonds is 11. The van der Waals surface area contributed by atoms with Crippen LogP contribution in [0, 0.1) is 10.1 Å². The Morgan fingerprint density at radius 1 is 0.794 bits per heavy atom. The van der Waals surface area contributed by atoms with Crippen molar-refractivity contribution in [1.29, 1.82) is 0 Å². The van der Waals surface area contributed by atoms with E-state index in [0.717, 1.165) is 5.56 Å². The summed E-state index contributed by atoms with van der Waals surface area (Å²) < 4.78 is 27.3. The number of allylic oxidation sites excluding steroid dienone is 1. The van der Waals surface area contributed by atoms with Crippen molar-refractivity contribution >= 4 is 6.08 Å². The summed E-state index contributed by atoms with van der Waals surface area (Å²) in [5.74, 6) is 2.31. The van der Waals surface area contributed by atoms with Crippen LogP contribution in [0.1, 0.15) is 16.7 Å². The Hall–Kier alpha value is -4.20. The molecule has 0 aliphatic heterocycles. The Labute approximate surface area is 198 Å². The van der Waals surface area contributed by atoms with E-state index in [4.69, 9.17) is 23.7 Å². The second-order valence-electron chi connectivity index (χ2n) is 7.29. The lowest BCUT2D eigenvalue weighted by molar-refractivity contribution is -0.425. The molecule has 0 aromatic heterocycles. The molecule has 3 aromatic carbocycles. The van der Waals surface area contributed by atoms with Crippen LogP contribution in [-0.4, -0.2) is 33.4 Å². The number of nitrogens with zero attached hydrogens (tertiary/aromatic N) is 1. The second kappa shape index (κ2) is 11.6. The molecule has 0 aliphatic rings. The quantitative estimate of drug-likeness (QED) is 0.285. The largest absolute Gasteiger partial charge is 0.493 e. The fraction of sp³-hybridized carbons (Fsp3) is 0.231. The number of hydrogen-bond donors (Lipinski definition) is 0. The van der Waals surface area contributed by atoms with Crippen molar-refractivity contribution in [2.75, 3.05) is 28.4 Å². The molecule has 0 spiro atoms. The third kappa shape index (κ3) is 5.98. The topological polar surface area (TPSA) is 89.3 Å². The maximum Gasteiger partial charge on any atom is 0.251 e. The summed E-state index contributed by atoms with van der Waals surface area (Å²) in [6.07, 6.45) is 1.57. The maximum absolute atomic E-state index is 11.8. The third-order valence-corrected chi connectivity index (χ3v) is 5.11. The Morgan fingerprint density at radius 3 is 2.00 bits per heavy atom. The van der Waals surface area contributed by atoms with Gasteiger partial charge in [0.15, 0.2) is 23.0 Å². The van der Waals surface area contributed by atoms with Crippen molar-refractivity contribution in [1.82, 2.24) is 0 Å². The molecule has 0 fully saturated rings. The van der Waals surface area contributed by atoms with Gasteiger partial charge in [0.05, 0.1) is 39.8 Å². The summed E-state index contributed by atoms with van der Waals surface area (Å²) in [7, 11) is 6.02. The summed E-state index contributed by atoms with van der Waals surface area (Å²) in [5, 5.41) is 11.8. The van der Waals surface area contributed by atoms with E-state index >= 15 is 0 Å². The van der Waals surface area contributed by atoms with Crippen molar-refractivity contribution in [3.63, 3.8) is 0 Å². The molecule has 0 aliphatic carbocycles. The number of methoxy groups -OCH3 is 4. The van der Waals surface area contributed by atoms with Gasteiger partial charge in [-0.05, 0) is 41.0 Å². The summed E-state index contributed by atoms with van der Waals surface area (Å²) >= 11 is 0. The minimum atomic E-state index is -0.407. The van der Waals surface area contributed by atoms with Crippen molar-refractivity contribution in [2.45, 2.75) is 13.0 Å². The van der Waals surface area contributed by atoms with E-state index < -0.39 is 4.92 Å². The molecule has 0 saturated heterocycles. The van der Waals surface area contributed by atoms with Crippen LogP contribution in [0.2, 0.25) is 0 Å². The summed E-state index contributed by atoms with van der Waals surface area (Å²) in [6, 6.07) is 18.4. The third-order valence-electron chi connectivity index (χ3n) is 5.11. The molecular weight excluding hydrogens is 438 g/mol. The monoisotopic (exact) mass is 465 g/mol. The molecule has 0 unspecified atom stereocenters. The first-order chi connectivity index (χ1) is 16.5. The molecular formula is C26H27NO7. The van der Waals surface area contributed by atoms with Gasteiger partial charge in [-0.3, -0.25) is 10.1 Å². The van der Waals surface area contributed by atoms with E-state index in [2.05, 4.69) is 0 Å². The first-order valence-electron chi connectivity index (χ1n) is 10.5. The Balaban J connectivity index is 1.85. The SMILES string of the molecule is COc1cc(CC(=Cc2cc(OC)c(OC)c(OC)c2)[N+](=O)[O-])ccc1OCc1ccccc1. The summed E-state index contributed by atoms with van der Waals surface area (Å²) in [6.45, 7) is 0.387. The smallest absolute Gasteiger partial charge is 0.251 e. The fourth-order valence-corrected chi connectivity index (χ4v) is 3.43. The maximum atomic E-state index is 11.8. The van der Waals surface area contributed by atoms with E-state index in [9.17, 15) is 10.1 Å². The minimum absolute atomic E-state index is 0.00530. The molecule has 0 heterocycles. The van der Waals surface area contributed by atoms with Gasteiger partial charge in [-0.15, -0.1) is 0 Å². The van der Waals surface area contributed by atoms with Crippen LogP contribution in [0.4, 0.5) is 0 Å². The van der Waals surface area contributed by atoms with E-state index in [1.807, 2.05) is 30.3 Å². The van der Waals surface area contributed by atoms with Gasteiger partial charge in [0.25, 0.3) is 5.70 Å². The highest BCUT2D eigenvalue weighted by Gasteiger charge is 2.17. The molecule has 0 atom stereocenters. The standard InChI is InChI=1S/C26H27NO7/c1-30-23-14-19(10-11-22(23)34-17-18-8-6-5-7-9-18)12-21(27(28)29)13-20-15-24(31-2)26(33-4)25(16-20)32-3/h5-11,13-16H,12,17H2,1-4H3. The lowest BCUT2D eigenvalue weighted by Crippen LogP contribution is -2.04. The highest BCUT2D eigenvalue weighted by molar-refractivity contribution is 5.63. The molecule has 0 N–H and O–H groups in total. The normalized spacial score (nSPS) is 11.0. The molecule has 0 radical (unpaired) electrons. The van der Waals surface area contributed by atoms with Crippen LogP contribution in [0.25, 0.3) is 6.08 Å². The average molecular weight is 466 g/mol. The predicted octanol–water partition coefficient (Wildman–Crippen LogP) is 5.16. The van der Waals surface area contributed by atoms with Crippen molar-refractivity contribution in [3.05, 3.63) is 93.2 Å². The van der Waals surface area contributed by atoms with Crippen LogP contribution in [-0.2, 0) is 13.0 Å². The van der Waals surface area contributed by atoms with Gasteiger partial charge in [0.2, 0.25) is 5.75 Å². The van der Waals surface area contributed by atoms with Gasteiger partial charge in [-0.25, -0.2) is 0 Å². The molecule has 34 heavy (non-hydrogen) atoms. The van der Waals surface area contributed by atoms with Gasteiger partial charge in [0, 0.05) is 6.08 Å². The van der Waals surface area contributed by atoms with Crippen molar-refractivity contribution in [2.24, 2.45) is 0 Å². The van der Waals surface area contributed by atoms with E-state index in [-0.39, 0.29) is 12.1 Å². The van der Waals surface area contributed by atoms with E-state index in [0.29, 0.717) is 46.5 Å². The average Bonchev–Trinajstić information content (AvgIpc) is 2.87. The molecule has 178 valence electrons. The van der Waals surface area contributed by atoms with Crippen LogP contribution >= 0.6 is 0 Å². The zero-order valence-corrected chi connectivity index (χ0v) is 19.6. The summed E-state index contributed by atoms with van der Waals surface area (Å²) in [5.41, 5.74) is 2.28. The molecule has 0 amide bonds. The minimum Gasteiger partial charge on any atom is -0.493 e. The number of ether oxygens (including phenoxy) is 5. The van der Waals surface area contributed by atoms with Crippen LogP contribution in [0.3, 0.4) is 0 Å². The van der Waals surface area contributed by atoms with Gasteiger partial charge in [-0.1, -0.05) is 36.4 Å². The molecule has 0 saturated carbocycles. The molecule has 3 aromatic rings. The molecule has 8 heteroatoms. The zero-order chi connectivity index (χ0) is 24.5. The van der Waals surface area contributed by atoms with Gasteiger partial charge < -0.3 is 23.7 Å². The molecule has 0 bridgehead atoms. The zero-order valence-electron chi connectivity index (χ0n) is 19.6. The Kier molecular flexibility index (Phi) is 8.34. The number of hydrogen-bond acceptors (Lipinski definition) is 7. The van der Waals surface area contributed by atoms with Crippen LogP contribution in [0.15, 0.2) is 66.4 Å². The van der Waals surface area contributed by atoms with Crippen molar-refractivity contribution in [3.8, 4) is 28.7 Å². The van der Waals surface area contributed by atoms with Gasteiger partial charge in [-0.2, -0.15) is 0 Å². The number of nitro groups is 1. The Bertz CT molecular complexity index is 1130. The summed E-state index contributed by atoms with van der Waals surface area (Å²) in [4.78, 5) is 11.4. The van der Waals surface area contributed by atoms with Gasteiger partial charge >= 0.3 is 0 Å². The molecule has 8 nitrogen and oxygen atoms in total. The van der Waals surface area contributed by atoms with E-state index in [1.165, 1.54) is 34.5 Å². The van der Waals surface area contributed by atoms with Crippen molar-refractivity contribution < 1.29 is 28.6 Å². The highest BCUT2D eigenvalue weighted by atomic mass is 16.6. The van der Waals surface area contributed by atoms with E-state index in [1.54, 1.807) is 30.3 Å². The predicted molar refractivity (Wildman–Crippen MR) is 129 cm³/mol. The van der Waals surface area contributed by atoms with Crippen LogP contribution < -0.4 is 23.7 Å². The van der Waals surface area contributed by atoms with Gasteiger partial charge in [0.1, 0.15) is 6.61 Å². The highest BCUT2D eigenvalue weighted by Crippen LogP contribution is 2.39. The molecule has 3 rings (SSSR count). The lowest BCUT2D eigenvalue weighted by Gasteiger charge is -2.13. The lowest BCUT2D eigenvalue weighted by atomic mass is 10.1. The first kappa shape index (κ1) is 24.4. The number of benzene rings is 3. The second-order valence-corrected chi connectivity index (χ2v) is 7.29. The van der Waals surface area contributed by atoms with Crippen LogP contribution in [0.5, 0.6) is 28.7 Å². The first-order valence-corrected chi connectivity index (χ1v) is 10.5. The Morgan fingerprint density at radius 2 is 1.44 bits per heavy atom. The fourth-order valence-electron chi connectivity index (χ4n) is 3.43.